The molecule has 0 atom stereocenters. The van der Waals surface area contributed by atoms with Gasteiger partial charge in [0.15, 0.2) is 0 Å². The average molecular weight is 366 g/mol. The van der Waals surface area contributed by atoms with Crippen LogP contribution in [0, 0.1) is 17.8 Å². The molecule has 3 N–H and O–H groups in total. The van der Waals surface area contributed by atoms with Gasteiger partial charge in [0.25, 0.3) is 0 Å². The van der Waals surface area contributed by atoms with E-state index in [1.807, 2.05) is 0 Å². The number of rotatable bonds is 7. The van der Waals surface area contributed by atoms with Gasteiger partial charge in [-0.25, -0.2) is 0 Å². The Bertz CT molecular complexity index is 421. The number of amidine groups is 1. The molecular formula is C21H39N3O2. The maximum Gasteiger partial charge on any atom is 0.142 e. The molecule has 5 nitrogen and oxygen atoms in total. The Morgan fingerprint density at radius 1 is 0.923 bits per heavy atom. The number of nitrogens with two attached hydrogens (primary N) is 1. The molecule has 150 valence electrons. The van der Waals surface area contributed by atoms with Crippen LogP contribution >= 0.6 is 0 Å². The Morgan fingerprint density at radius 2 is 1.58 bits per heavy atom. The summed E-state index contributed by atoms with van der Waals surface area (Å²) in [5.74, 6) is 2.64. The van der Waals surface area contributed by atoms with E-state index in [9.17, 15) is 0 Å². The first-order valence-electron chi connectivity index (χ1n) is 11.1. The predicted octanol–water partition coefficient (Wildman–Crippen LogP) is 3.99. The van der Waals surface area contributed by atoms with Crippen molar-refractivity contribution in [2.45, 2.75) is 83.2 Å². The zero-order chi connectivity index (χ0) is 18.2. The van der Waals surface area contributed by atoms with E-state index < -0.39 is 0 Å². The molecule has 1 aliphatic heterocycles. The van der Waals surface area contributed by atoms with Gasteiger partial charge in [0, 0.05) is 12.5 Å². The molecule has 1 heterocycles. The summed E-state index contributed by atoms with van der Waals surface area (Å²) >= 11 is 0. The highest BCUT2D eigenvalue weighted by Gasteiger charge is 2.26. The van der Waals surface area contributed by atoms with Gasteiger partial charge in [0.05, 0.1) is 12.7 Å². The lowest BCUT2D eigenvalue weighted by Crippen LogP contribution is -2.40. The van der Waals surface area contributed by atoms with Crippen molar-refractivity contribution in [2.75, 3.05) is 26.2 Å². The molecule has 0 aromatic rings. The van der Waals surface area contributed by atoms with Crippen LogP contribution in [0.3, 0.4) is 0 Å². The maximum absolute atomic E-state index is 8.78. The highest BCUT2D eigenvalue weighted by atomic mass is 16.5. The van der Waals surface area contributed by atoms with Gasteiger partial charge in [0.2, 0.25) is 0 Å². The van der Waals surface area contributed by atoms with Crippen LogP contribution in [0.2, 0.25) is 0 Å². The number of hydrogen-bond acceptors (Lipinski definition) is 4. The van der Waals surface area contributed by atoms with Crippen molar-refractivity contribution in [3.63, 3.8) is 0 Å². The minimum Gasteiger partial charge on any atom is -0.409 e. The summed E-state index contributed by atoms with van der Waals surface area (Å²) in [5, 5.41) is 11.9. The second-order valence-corrected chi connectivity index (χ2v) is 8.89. The fraction of sp³-hybridized carbons (Fsp3) is 0.952. The number of piperidine rings is 1. The first-order valence-corrected chi connectivity index (χ1v) is 11.1. The molecule has 2 saturated carbocycles. The molecule has 0 bridgehead atoms. The highest BCUT2D eigenvalue weighted by molar-refractivity contribution is 5.82. The molecule has 3 aliphatic rings. The first kappa shape index (κ1) is 19.9. The number of oxime groups is 1. The summed E-state index contributed by atoms with van der Waals surface area (Å²) in [7, 11) is 0. The molecule has 1 saturated heterocycles. The van der Waals surface area contributed by atoms with Crippen LogP contribution in [0.1, 0.15) is 77.0 Å². The Labute approximate surface area is 159 Å². The summed E-state index contributed by atoms with van der Waals surface area (Å²) in [4.78, 5) is 2.45. The maximum atomic E-state index is 8.78. The van der Waals surface area contributed by atoms with E-state index >= 15 is 0 Å². The smallest absolute Gasteiger partial charge is 0.142 e. The number of ether oxygens (including phenoxy) is 1. The number of nitrogens with zero attached hydrogens (tertiary/aromatic N) is 2. The van der Waals surface area contributed by atoms with Gasteiger partial charge in [-0.2, -0.15) is 0 Å². The Kier molecular flexibility index (Phi) is 8.06. The van der Waals surface area contributed by atoms with Crippen molar-refractivity contribution in [2.24, 2.45) is 28.6 Å². The third-order valence-electron chi connectivity index (χ3n) is 7.07. The molecule has 0 radical (unpaired) electrons. The van der Waals surface area contributed by atoms with E-state index in [0.29, 0.717) is 11.9 Å². The van der Waals surface area contributed by atoms with Gasteiger partial charge in [-0.3, -0.25) is 0 Å². The van der Waals surface area contributed by atoms with E-state index in [2.05, 4.69) is 10.1 Å². The van der Waals surface area contributed by atoms with E-state index in [1.165, 1.54) is 64.2 Å². The normalized spacial score (nSPS) is 30.5. The van der Waals surface area contributed by atoms with Gasteiger partial charge >= 0.3 is 0 Å². The molecule has 0 amide bonds. The van der Waals surface area contributed by atoms with Crippen LogP contribution in [0.5, 0.6) is 0 Å². The van der Waals surface area contributed by atoms with E-state index in [1.54, 1.807) is 0 Å². The van der Waals surface area contributed by atoms with Crippen molar-refractivity contribution in [1.82, 2.24) is 4.90 Å². The lowest BCUT2D eigenvalue weighted by atomic mass is 9.77. The van der Waals surface area contributed by atoms with Crippen LogP contribution in [0.15, 0.2) is 5.16 Å². The van der Waals surface area contributed by atoms with Crippen LogP contribution in [0.4, 0.5) is 0 Å². The molecule has 0 aromatic carbocycles. The van der Waals surface area contributed by atoms with Gasteiger partial charge in [-0.1, -0.05) is 37.3 Å². The predicted molar refractivity (Wildman–Crippen MR) is 105 cm³/mol. The second kappa shape index (κ2) is 10.5. The summed E-state index contributed by atoms with van der Waals surface area (Å²) in [5.41, 5.74) is 5.72. The average Bonchev–Trinajstić information content (AvgIpc) is 2.70. The fourth-order valence-electron chi connectivity index (χ4n) is 5.31. The van der Waals surface area contributed by atoms with Crippen molar-refractivity contribution < 1.29 is 9.94 Å². The molecule has 0 spiro atoms. The summed E-state index contributed by atoms with van der Waals surface area (Å²) in [6.45, 7) is 3.92. The Hall–Kier alpha value is -0.810. The van der Waals surface area contributed by atoms with E-state index in [4.69, 9.17) is 15.7 Å². The van der Waals surface area contributed by atoms with Crippen LogP contribution in [-0.2, 0) is 4.74 Å². The van der Waals surface area contributed by atoms with Crippen LogP contribution in [-0.4, -0.2) is 48.3 Å². The number of hydrogen-bond donors (Lipinski definition) is 2. The SMILES string of the molecule is N/C(=N\O)C1CCN(CCOC2CCC(CC3CCCCC3)CC2)CC1. The topological polar surface area (TPSA) is 71.1 Å². The molecule has 0 unspecified atom stereocenters. The second-order valence-electron chi connectivity index (χ2n) is 8.89. The third kappa shape index (κ3) is 6.12. The zero-order valence-electron chi connectivity index (χ0n) is 16.5. The molecular weight excluding hydrogens is 326 g/mol. The highest BCUT2D eigenvalue weighted by Crippen LogP contribution is 2.35. The van der Waals surface area contributed by atoms with Gasteiger partial charge in [0.1, 0.15) is 5.84 Å². The monoisotopic (exact) mass is 365 g/mol. The molecule has 5 heteroatoms. The van der Waals surface area contributed by atoms with Gasteiger partial charge in [-0.05, 0) is 69.9 Å². The lowest BCUT2D eigenvalue weighted by molar-refractivity contribution is 0.00205. The van der Waals surface area contributed by atoms with Crippen molar-refractivity contribution >= 4 is 5.84 Å². The first-order chi connectivity index (χ1) is 12.7. The largest absolute Gasteiger partial charge is 0.409 e. The number of likely N-dealkylation sites (tertiary alicyclic amines) is 1. The standard InChI is InChI=1S/C21H39N3O2/c22-21(23-25)19-10-12-24(13-11-19)14-15-26-20-8-6-18(7-9-20)16-17-4-2-1-3-5-17/h17-20,25H,1-16H2,(H2,22,23). The summed E-state index contributed by atoms with van der Waals surface area (Å²) in [6, 6.07) is 0. The van der Waals surface area contributed by atoms with E-state index in [0.717, 1.165) is 50.9 Å². The lowest BCUT2D eigenvalue weighted by Gasteiger charge is -2.33. The third-order valence-corrected chi connectivity index (χ3v) is 7.07. The van der Waals surface area contributed by atoms with Crippen molar-refractivity contribution in [3.8, 4) is 0 Å². The fourth-order valence-corrected chi connectivity index (χ4v) is 5.31. The molecule has 3 rings (SSSR count). The zero-order valence-corrected chi connectivity index (χ0v) is 16.5. The van der Waals surface area contributed by atoms with Crippen LogP contribution < -0.4 is 5.73 Å². The van der Waals surface area contributed by atoms with Crippen LogP contribution in [0.25, 0.3) is 0 Å². The van der Waals surface area contributed by atoms with Crippen molar-refractivity contribution in [3.05, 3.63) is 0 Å². The van der Waals surface area contributed by atoms with E-state index in [-0.39, 0.29) is 5.92 Å². The molecule has 2 aliphatic carbocycles. The summed E-state index contributed by atoms with van der Waals surface area (Å²) < 4.78 is 6.19. The Balaban J connectivity index is 1.24. The van der Waals surface area contributed by atoms with Crippen molar-refractivity contribution in [1.29, 1.82) is 0 Å². The minimum absolute atomic E-state index is 0.247. The molecule has 3 fully saturated rings. The van der Waals surface area contributed by atoms with Gasteiger partial charge in [-0.15, -0.1) is 0 Å². The van der Waals surface area contributed by atoms with Gasteiger partial charge < -0.3 is 20.6 Å². The summed E-state index contributed by atoms with van der Waals surface area (Å²) in [6.07, 6.45) is 16.6. The molecule has 26 heavy (non-hydrogen) atoms. The Morgan fingerprint density at radius 3 is 2.23 bits per heavy atom. The molecule has 0 aromatic heterocycles. The quantitative estimate of drug-likeness (QED) is 0.310. The minimum atomic E-state index is 0.247.